The van der Waals surface area contributed by atoms with Gasteiger partial charge < -0.3 is 10.2 Å². The highest BCUT2D eigenvalue weighted by Crippen LogP contribution is 2.60. The zero-order valence-corrected chi connectivity index (χ0v) is 29.0. The van der Waals surface area contributed by atoms with Gasteiger partial charge in [-0.05, 0) is 111 Å². The van der Waals surface area contributed by atoms with Crippen LogP contribution in [0.3, 0.4) is 0 Å². The second-order valence-electron chi connectivity index (χ2n) is 14.9. The number of nitrogens with zero attached hydrogens (tertiary/aromatic N) is 2. The molecule has 4 fully saturated rings. The molecule has 0 spiro atoms. The van der Waals surface area contributed by atoms with E-state index >= 15 is 0 Å². The van der Waals surface area contributed by atoms with E-state index in [9.17, 15) is 18.0 Å². The molecule has 47 heavy (non-hydrogen) atoms. The first-order valence-electron chi connectivity index (χ1n) is 17.2. The summed E-state index contributed by atoms with van der Waals surface area (Å²) in [6, 6.07) is 24.5. The number of anilines is 1. The van der Waals surface area contributed by atoms with Crippen LogP contribution in [0.15, 0.2) is 78.9 Å². The van der Waals surface area contributed by atoms with Crippen molar-refractivity contribution in [1.82, 2.24) is 10.2 Å². The average Bonchev–Trinajstić information content (AvgIpc) is 3.01. The SMILES string of the molecule is Cc1ccc(CN(C(=O)CN(c2ccc(C34CC5CC(CC(C5)C3)C4)cc2)S(C)(=O)=O)C(Cc2ccccc2)C(=O)NC(C)C)cc1. The van der Waals surface area contributed by atoms with Gasteiger partial charge in [-0.3, -0.25) is 13.9 Å². The molecule has 1 unspecified atom stereocenters. The largest absolute Gasteiger partial charge is 0.352 e. The van der Waals surface area contributed by atoms with Gasteiger partial charge in [0.05, 0.1) is 11.9 Å². The highest BCUT2D eigenvalue weighted by atomic mass is 32.2. The van der Waals surface area contributed by atoms with Gasteiger partial charge in [-0.1, -0.05) is 72.3 Å². The normalized spacial score (nSPS) is 23.8. The molecule has 7 rings (SSSR count). The van der Waals surface area contributed by atoms with Crippen molar-refractivity contribution in [1.29, 1.82) is 0 Å². The Morgan fingerprint density at radius 1 is 0.830 bits per heavy atom. The molecule has 4 bridgehead atoms. The second kappa shape index (κ2) is 13.5. The summed E-state index contributed by atoms with van der Waals surface area (Å²) in [6.45, 7) is 5.55. The van der Waals surface area contributed by atoms with Crippen molar-refractivity contribution in [2.45, 2.75) is 89.8 Å². The molecule has 250 valence electrons. The minimum Gasteiger partial charge on any atom is -0.352 e. The maximum atomic E-state index is 14.4. The fourth-order valence-corrected chi connectivity index (χ4v) is 9.73. The monoisotopic (exact) mass is 655 g/mol. The minimum atomic E-state index is -3.82. The molecule has 0 saturated heterocycles. The number of amides is 2. The van der Waals surface area contributed by atoms with Crippen molar-refractivity contribution >= 4 is 27.5 Å². The van der Waals surface area contributed by atoms with Crippen molar-refractivity contribution in [3.63, 3.8) is 0 Å². The number of hydrogen-bond acceptors (Lipinski definition) is 4. The first kappa shape index (κ1) is 33.3. The van der Waals surface area contributed by atoms with E-state index in [-0.39, 0.29) is 23.9 Å². The molecule has 3 aromatic carbocycles. The zero-order chi connectivity index (χ0) is 33.3. The third kappa shape index (κ3) is 7.58. The van der Waals surface area contributed by atoms with E-state index in [2.05, 4.69) is 17.4 Å². The Balaban J connectivity index is 1.30. The van der Waals surface area contributed by atoms with Crippen LogP contribution in [0.1, 0.15) is 74.6 Å². The highest BCUT2D eigenvalue weighted by Gasteiger charge is 2.51. The molecular weight excluding hydrogens is 607 g/mol. The number of aryl methyl sites for hydroxylation is 1. The van der Waals surface area contributed by atoms with Gasteiger partial charge in [-0.25, -0.2) is 8.42 Å². The van der Waals surface area contributed by atoms with Crippen LogP contribution in [-0.2, 0) is 38.0 Å². The molecule has 7 nitrogen and oxygen atoms in total. The molecule has 0 aromatic heterocycles. The number of benzene rings is 3. The van der Waals surface area contributed by atoms with E-state index < -0.39 is 28.5 Å². The summed E-state index contributed by atoms with van der Waals surface area (Å²) >= 11 is 0. The molecule has 1 N–H and O–H groups in total. The van der Waals surface area contributed by atoms with Gasteiger partial charge in [0.25, 0.3) is 0 Å². The molecule has 3 aromatic rings. The van der Waals surface area contributed by atoms with Crippen LogP contribution in [-0.4, -0.2) is 50.0 Å². The van der Waals surface area contributed by atoms with Crippen LogP contribution in [0.25, 0.3) is 0 Å². The number of carbonyl (C=O) groups is 2. The first-order chi connectivity index (χ1) is 22.4. The van der Waals surface area contributed by atoms with Crippen LogP contribution in [0.2, 0.25) is 0 Å². The summed E-state index contributed by atoms with van der Waals surface area (Å²) in [6.07, 6.45) is 9.20. The maximum Gasteiger partial charge on any atom is 0.244 e. The molecular formula is C39H49N3O4S. The fraction of sp³-hybridized carbons (Fsp3) is 0.487. The predicted octanol–water partition coefficient (Wildman–Crippen LogP) is 6.39. The summed E-state index contributed by atoms with van der Waals surface area (Å²) in [7, 11) is -3.82. The van der Waals surface area contributed by atoms with Crippen molar-refractivity contribution in [3.05, 3.63) is 101 Å². The van der Waals surface area contributed by atoms with E-state index in [0.717, 1.165) is 40.7 Å². The van der Waals surface area contributed by atoms with Crippen LogP contribution >= 0.6 is 0 Å². The Kier molecular flexibility index (Phi) is 9.52. The number of hydrogen-bond donors (Lipinski definition) is 1. The third-order valence-electron chi connectivity index (χ3n) is 10.7. The van der Waals surface area contributed by atoms with Crippen LogP contribution in [0.4, 0.5) is 5.69 Å². The van der Waals surface area contributed by atoms with Gasteiger partial charge >= 0.3 is 0 Å². The maximum absolute atomic E-state index is 14.4. The Bertz CT molecular complexity index is 1630. The first-order valence-corrected chi connectivity index (χ1v) is 19.0. The quantitative estimate of drug-likeness (QED) is 0.245. The topological polar surface area (TPSA) is 86.8 Å². The molecule has 2 amide bonds. The lowest BCUT2D eigenvalue weighted by Gasteiger charge is -2.57. The number of rotatable bonds is 12. The molecule has 4 aliphatic rings. The van der Waals surface area contributed by atoms with Crippen molar-refractivity contribution in [2.75, 3.05) is 17.1 Å². The molecule has 0 heterocycles. The fourth-order valence-electron chi connectivity index (χ4n) is 8.88. The highest BCUT2D eigenvalue weighted by molar-refractivity contribution is 7.92. The van der Waals surface area contributed by atoms with Gasteiger partial charge in [0, 0.05) is 19.0 Å². The molecule has 4 saturated carbocycles. The molecule has 0 aliphatic heterocycles. The third-order valence-corrected chi connectivity index (χ3v) is 11.8. The standard InChI is InChI=1S/C39H49N3O4S/c1-27(2)40-38(44)36(21-29-8-6-5-7-9-29)41(25-30-12-10-28(3)11-13-30)37(43)26-42(47(4,45)46)35-16-14-34(15-17-35)39-22-31-18-32(23-39)20-33(19-31)24-39/h5-17,27,31-33,36H,18-26H2,1-4H3,(H,40,44). The van der Waals surface area contributed by atoms with Gasteiger partial charge in [0.2, 0.25) is 21.8 Å². The number of sulfonamides is 1. The van der Waals surface area contributed by atoms with E-state index in [1.54, 1.807) is 4.90 Å². The van der Waals surface area contributed by atoms with Crippen LogP contribution in [0.5, 0.6) is 0 Å². The lowest BCUT2D eigenvalue weighted by atomic mass is 9.48. The van der Waals surface area contributed by atoms with Crippen LogP contribution in [0, 0.1) is 24.7 Å². The second-order valence-corrected chi connectivity index (χ2v) is 16.8. The van der Waals surface area contributed by atoms with Gasteiger partial charge in [0.1, 0.15) is 12.6 Å². The molecule has 8 heteroatoms. The van der Waals surface area contributed by atoms with Gasteiger partial charge in [-0.2, -0.15) is 0 Å². The van der Waals surface area contributed by atoms with E-state index in [0.29, 0.717) is 12.1 Å². The summed E-state index contributed by atoms with van der Waals surface area (Å²) < 4.78 is 27.8. The number of carbonyl (C=O) groups excluding carboxylic acids is 2. The summed E-state index contributed by atoms with van der Waals surface area (Å²) in [4.78, 5) is 29.7. The van der Waals surface area contributed by atoms with Crippen molar-refractivity contribution in [3.8, 4) is 0 Å². The summed E-state index contributed by atoms with van der Waals surface area (Å²) in [5, 5.41) is 3.00. The summed E-state index contributed by atoms with van der Waals surface area (Å²) in [5.41, 5.74) is 4.83. The average molecular weight is 656 g/mol. The van der Waals surface area contributed by atoms with Crippen molar-refractivity contribution < 1.29 is 18.0 Å². The Labute approximate surface area is 280 Å². The smallest absolute Gasteiger partial charge is 0.244 e. The van der Waals surface area contributed by atoms with Crippen LogP contribution < -0.4 is 9.62 Å². The van der Waals surface area contributed by atoms with E-state index in [4.69, 9.17) is 0 Å². The predicted molar refractivity (Wildman–Crippen MR) is 187 cm³/mol. The zero-order valence-electron chi connectivity index (χ0n) is 28.2. The lowest BCUT2D eigenvalue weighted by molar-refractivity contribution is -0.140. The van der Waals surface area contributed by atoms with Crippen molar-refractivity contribution in [2.24, 2.45) is 17.8 Å². The Morgan fingerprint density at radius 3 is 1.94 bits per heavy atom. The van der Waals surface area contributed by atoms with E-state index in [1.165, 1.54) is 48.4 Å². The Hall–Kier alpha value is -3.65. The molecule has 4 aliphatic carbocycles. The van der Waals surface area contributed by atoms with E-state index in [1.807, 2.05) is 87.5 Å². The lowest BCUT2D eigenvalue weighted by Crippen LogP contribution is -2.54. The minimum absolute atomic E-state index is 0.128. The number of nitrogens with one attached hydrogen (secondary N) is 1. The molecule has 0 radical (unpaired) electrons. The van der Waals surface area contributed by atoms with Gasteiger partial charge in [-0.15, -0.1) is 0 Å². The Morgan fingerprint density at radius 2 is 1.40 bits per heavy atom. The molecule has 1 atom stereocenters. The van der Waals surface area contributed by atoms with Gasteiger partial charge in [0.15, 0.2) is 0 Å². The summed E-state index contributed by atoms with van der Waals surface area (Å²) in [5.74, 6) is 1.73.